The smallest absolute Gasteiger partial charge is 0.239 e. The normalized spacial score (nSPS) is 15.6. The lowest BCUT2D eigenvalue weighted by molar-refractivity contribution is -0.130. The second kappa shape index (κ2) is 7.45. The number of anilines is 1. The topological polar surface area (TPSA) is 61.4 Å². The van der Waals surface area contributed by atoms with Gasteiger partial charge in [0.2, 0.25) is 11.8 Å². The molecule has 114 valence electrons. The minimum atomic E-state index is -0.0213. The number of carbonyl (C=O) groups excluding carboxylic acids is 2. The SMILES string of the molecule is CC(=O)N1CCC(NC(=O)CNc2ccccc2Br)CC1. The van der Waals surface area contributed by atoms with Gasteiger partial charge in [0, 0.05) is 36.2 Å². The average Bonchev–Trinajstić information content (AvgIpc) is 2.47. The van der Waals surface area contributed by atoms with Gasteiger partial charge in [-0.05, 0) is 40.9 Å². The summed E-state index contributed by atoms with van der Waals surface area (Å²) < 4.78 is 0.938. The number of amides is 2. The van der Waals surface area contributed by atoms with Crippen molar-refractivity contribution in [1.29, 1.82) is 0 Å². The van der Waals surface area contributed by atoms with Crippen molar-refractivity contribution >= 4 is 33.4 Å². The molecule has 1 aromatic carbocycles. The van der Waals surface area contributed by atoms with Gasteiger partial charge in [0.05, 0.1) is 6.54 Å². The number of piperidine rings is 1. The van der Waals surface area contributed by atoms with E-state index in [1.54, 1.807) is 6.92 Å². The van der Waals surface area contributed by atoms with Crippen LogP contribution in [0.5, 0.6) is 0 Å². The molecule has 6 heteroatoms. The summed E-state index contributed by atoms with van der Waals surface area (Å²) in [7, 11) is 0. The van der Waals surface area contributed by atoms with Crippen LogP contribution in [0, 0.1) is 0 Å². The minimum Gasteiger partial charge on any atom is -0.375 e. The van der Waals surface area contributed by atoms with Crippen LogP contribution in [0.1, 0.15) is 19.8 Å². The first-order chi connectivity index (χ1) is 10.1. The maximum atomic E-state index is 11.9. The molecule has 2 N–H and O–H groups in total. The molecule has 0 spiro atoms. The number of benzene rings is 1. The average molecular weight is 354 g/mol. The summed E-state index contributed by atoms with van der Waals surface area (Å²) in [4.78, 5) is 25.0. The number of hydrogen-bond donors (Lipinski definition) is 2. The molecule has 0 aliphatic carbocycles. The zero-order valence-corrected chi connectivity index (χ0v) is 13.6. The second-order valence-corrected chi connectivity index (χ2v) is 6.04. The third-order valence-electron chi connectivity index (χ3n) is 3.62. The standard InChI is InChI=1S/C15H20BrN3O2/c1-11(20)19-8-6-12(7-9-19)18-15(21)10-17-14-5-3-2-4-13(14)16/h2-5,12,17H,6-10H2,1H3,(H,18,21). The number of nitrogens with one attached hydrogen (secondary N) is 2. The summed E-state index contributed by atoms with van der Waals surface area (Å²) in [5.41, 5.74) is 0.902. The molecule has 1 heterocycles. The molecule has 1 aliphatic heterocycles. The summed E-state index contributed by atoms with van der Waals surface area (Å²) in [5.74, 6) is 0.0856. The molecule has 21 heavy (non-hydrogen) atoms. The van der Waals surface area contributed by atoms with Gasteiger partial charge in [0.25, 0.3) is 0 Å². The Labute approximate surface area is 133 Å². The summed E-state index contributed by atoms with van der Waals surface area (Å²) in [6.45, 7) is 3.27. The summed E-state index contributed by atoms with van der Waals surface area (Å²) in [6, 6.07) is 7.86. The van der Waals surface area contributed by atoms with E-state index in [-0.39, 0.29) is 24.4 Å². The maximum absolute atomic E-state index is 11.9. The Hall–Kier alpha value is -1.56. The van der Waals surface area contributed by atoms with Crippen LogP contribution in [0.25, 0.3) is 0 Å². The van der Waals surface area contributed by atoms with Gasteiger partial charge in [-0.25, -0.2) is 0 Å². The number of para-hydroxylation sites is 1. The second-order valence-electron chi connectivity index (χ2n) is 5.18. The van der Waals surface area contributed by atoms with E-state index in [9.17, 15) is 9.59 Å². The first kappa shape index (κ1) is 15.8. The lowest BCUT2D eigenvalue weighted by atomic mass is 10.1. The molecule has 0 atom stereocenters. The third kappa shape index (κ3) is 4.74. The van der Waals surface area contributed by atoms with Gasteiger partial charge in [-0.2, -0.15) is 0 Å². The molecule has 0 unspecified atom stereocenters. The highest BCUT2D eigenvalue weighted by molar-refractivity contribution is 9.10. The molecule has 1 saturated heterocycles. The minimum absolute atomic E-state index is 0.0213. The van der Waals surface area contributed by atoms with E-state index in [1.807, 2.05) is 29.2 Å². The molecule has 0 bridgehead atoms. The fraction of sp³-hybridized carbons (Fsp3) is 0.467. The lowest BCUT2D eigenvalue weighted by Gasteiger charge is -2.31. The van der Waals surface area contributed by atoms with Crippen LogP contribution < -0.4 is 10.6 Å². The molecular formula is C15H20BrN3O2. The van der Waals surface area contributed by atoms with Gasteiger partial charge in [-0.1, -0.05) is 12.1 Å². The van der Waals surface area contributed by atoms with Gasteiger partial charge >= 0.3 is 0 Å². The highest BCUT2D eigenvalue weighted by atomic mass is 79.9. The Balaban J connectivity index is 1.73. The molecule has 0 radical (unpaired) electrons. The molecule has 5 nitrogen and oxygen atoms in total. The van der Waals surface area contributed by atoms with Crippen LogP contribution in [0.4, 0.5) is 5.69 Å². The molecular weight excluding hydrogens is 334 g/mol. The highest BCUT2D eigenvalue weighted by Crippen LogP contribution is 2.20. The van der Waals surface area contributed by atoms with Crippen LogP contribution in [-0.4, -0.2) is 42.4 Å². The van der Waals surface area contributed by atoms with Gasteiger partial charge < -0.3 is 15.5 Å². The van der Waals surface area contributed by atoms with Gasteiger partial charge in [0.1, 0.15) is 0 Å². The van der Waals surface area contributed by atoms with Crippen molar-refractivity contribution in [3.8, 4) is 0 Å². The van der Waals surface area contributed by atoms with Gasteiger partial charge in [-0.15, -0.1) is 0 Å². The number of nitrogens with zero attached hydrogens (tertiary/aromatic N) is 1. The van der Waals surface area contributed by atoms with E-state index in [2.05, 4.69) is 26.6 Å². The molecule has 1 fully saturated rings. The van der Waals surface area contributed by atoms with Gasteiger partial charge in [-0.3, -0.25) is 9.59 Å². The molecule has 2 rings (SSSR count). The monoisotopic (exact) mass is 353 g/mol. The quantitative estimate of drug-likeness (QED) is 0.869. The van der Waals surface area contributed by atoms with Crippen LogP contribution >= 0.6 is 15.9 Å². The Bertz CT molecular complexity index is 513. The fourth-order valence-electron chi connectivity index (χ4n) is 2.40. The Kier molecular flexibility index (Phi) is 5.61. The van der Waals surface area contributed by atoms with Crippen LogP contribution in [0.3, 0.4) is 0 Å². The molecule has 0 saturated carbocycles. The van der Waals surface area contributed by atoms with Crippen molar-refractivity contribution in [1.82, 2.24) is 10.2 Å². The zero-order valence-electron chi connectivity index (χ0n) is 12.1. The van der Waals surface area contributed by atoms with Crippen molar-refractivity contribution in [3.63, 3.8) is 0 Å². The highest BCUT2D eigenvalue weighted by Gasteiger charge is 2.21. The van der Waals surface area contributed by atoms with E-state index >= 15 is 0 Å². The van der Waals surface area contributed by atoms with Crippen LogP contribution in [-0.2, 0) is 9.59 Å². The first-order valence-corrected chi connectivity index (χ1v) is 7.89. The van der Waals surface area contributed by atoms with E-state index in [4.69, 9.17) is 0 Å². The Morgan fingerprint density at radius 1 is 1.29 bits per heavy atom. The van der Waals surface area contributed by atoms with Crippen molar-refractivity contribution in [2.45, 2.75) is 25.8 Å². The summed E-state index contributed by atoms with van der Waals surface area (Å²) in [6.07, 6.45) is 1.64. The summed E-state index contributed by atoms with van der Waals surface area (Å²) in [5, 5.41) is 6.12. The molecule has 0 aromatic heterocycles. The molecule has 1 aromatic rings. The molecule has 2 amide bonds. The summed E-state index contributed by atoms with van der Waals surface area (Å²) >= 11 is 3.43. The number of likely N-dealkylation sites (tertiary alicyclic amines) is 1. The van der Waals surface area contributed by atoms with E-state index < -0.39 is 0 Å². The first-order valence-electron chi connectivity index (χ1n) is 7.09. The largest absolute Gasteiger partial charge is 0.375 e. The van der Waals surface area contributed by atoms with Gasteiger partial charge in [0.15, 0.2) is 0 Å². The predicted molar refractivity (Wildman–Crippen MR) is 86.1 cm³/mol. The number of carbonyl (C=O) groups is 2. The van der Waals surface area contributed by atoms with E-state index in [1.165, 1.54) is 0 Å². The number of halogens is 1. The van der Waals surface area contributed by atoms with Crippen molar-refractivity contribution in [2.75, 3.05) is 25.0 Å². The number of hydrogen-bond acceptors (Lipinski definition) is 3. The van der Waals surface area contributed by atoms with Crippen LogP contribution in [0.2, 0.25) is 0 Å². The Morgan fingerprint density at radius 3 is 2.57 bits per heavy atom. The van der Waals surface area contributed by atoms with Crippen molar-refractivity contribution in [3.05, 3.63) is 28.7 Å². The van der Waals surface area contributed by atoms with Crippen molar-refractivity contribution in [2.24, 2.45) is 0 Å². The van der Waals surface area contributed by atoms with Crippen molar-refractivity contribution < 1.29 is 9.59 Å². The Morgan fingerprint density at radius 2 is 1.95 bits per heavy atom. The zero-order chi connectivity index (χ0) is 15.2. The lowest BCUT2D eigenvalue weighted by Crippen LogP contribution is -2.47. The third-order valence-corrected chi connectivity index (χ3v) is 4.31. The van der Waals surface area contributed by atoms with Crippen LogP contribution in [0.15, 0.2) is 28.7 Å². The maximum Gasteiger partial charge on any atom is 0.239 e. The van der Waals surface area contributed by atoms with E-state index in [0.29, 0.717) is 0 Å². The molecule has 1 aliphatic rings. The predicted octanol–water partition coefficient (Wildman–Crippen LogP) is 1.99. The number of rotatable bonds is 4. The van der Waals surface area contributed by atoms with E-state index in [0.717, 1.165) is 36.1 Å². The fourth-order valence-corrected chi connectivity index (χ4v) is 2.82.